The summed E-state index contributed by atoms with van der Waals surface area (Å²) in [5.74, 6) is 0.0321. The van der Waals surface area contributed by atoms with Crippen molar-refractivity contribution in [3.63, 3.8) is 0 Å². The number of hydrogen-bond donors (Lipinski definition) is 0. The van der Waals surface area contributed by atoms with Crippen molar-refractivity contribution in [1.82, 2.24) is 29.4 Å². The molecule has 0 N–H and O–H groups in total. The molecule has 4 rings (SSSR count). The number of carbonyl (C=O) groups excluding carboxylic acids is 1. The minimum Gasteiger partial charge on any atom is -0.339 e. The average Bonchev–Trinajstić information content (AvgIpc) is 3.37. The molecule has 7 nitrogen and oxygen atoms in total. The molecule has 30 heavy (non-hydrogen) atoms. The van der Waals surface area contributed by atoms with Gasteiger partial charge in [-0.05, 0) is 44.4 Å². The fourth-order valence-corrected chi connectivity index (χ4v) is 4.11. The molecule has 3 aromatic rings. The molecule has 2 aromatic heterocycles. The van der Waals surface area contributed by atoms with Crippen LogP contribution in [0.4, 0.5) is 0 Å². The van der Waals surface area contributed by atoms with Gasteiger partial charge in [0.2, 0.25) is 5.91 Å². The molecule has 1 aliphatic heterocycles. The van der Waals surface area contributed by atoms with Gasteiger partial charge in [-0.1, -0.05) is 29.8 Å². The second-order valence-electron chi connectivity index (χ2n) is 7.60. The van der Waals surface area contributed by atoms with E-state index in [1.807, 2.05) is 58.5 Å². The monoisotopic (exact) mass is 424 g/mol. The lowest BCUT2D eigenvalue weighted by molar-refractivity contribution is -0.127. The van der Waals surface area contributed by atoms with E-state index in [1.165, 1.54) is 0 Å². The molecule has 1 aliphatic rings. The Morgan fingerprint density at radius 1 is 1.23 bits per heavy atom. The van der Waals surface area contributed by atoms with E-state index >= 15 is 0 Å². The molecule has 1 fully saturated rings. The minimum atomic E-state index is 0.0321. The van der Waals surface area contributed by atoms with E-state index < -0.39 is 0 Å². The van der Waals surface area contributed by atoms with Crippen LogP contribution in [0.1, 0.15) is 41.4 Å². The van der Waals surface area contributed by atoms with E-state index in [9.17, 15) is 4.79 Å². The number of hydrogen-bond acceptors (Lipinski definition) is 4. The molecule has 8 heteroatoms. The Bertz CT molecular complexity index is 1050. The Labute approximate surface area is 181 Å². The first-order chi connectivity index (χ1) is 14.5. The van der Waals surface area contributed by atoms with Gasteiger partial charge in [-0.2, -0.15) is 10.2 Å². The van der Waals surface area contributed by atoms with Gasteiger partial charge in [-0.15, -0.1) is 0 Å². The number of nitrogens with zero attached hydrogens (tertiary/aromatic N) is 6. The van der Waals surface area contributed by atoms with Gasteiger partial charge in [0.1, 0.15) is 12.7 Å². The predicted octanol–water partition coefficient (Wildman–Crippen LogP) is 3.67. The van der Waals surface area contributed by atoms with Gasteiger partial charge in [-0.3, -0.25) is 9.48 Å². The number of carbonyl (C=O) groups is 1. The summed E-state index contributed by atoms with van der Waals surface area (Å²) >= 11 is 6.29. The third-order valence-electron chi connectivity index (χ3n) is 5.69. The lowest BCUT2D eigenvalue weighted by atomic mass is 10.1. The fourth-order valence-electron chi connectivity index (χ4n) is 3.91. The van der Waals surface area contributed by atoms with Crippen molar-refractivity contribution in [2.24, 2.45) is 0 Å². The summed E-state index contributed by atoms with van der Waals surface area (Å²) in [7, 11) is 0. The Morgan fingerprint density at radius 3 is 2.70 bits per heavy atom. The Morgan fingerprint density at radius 2 is 2.00 bits per heavy atom. The number of halogens is 1. The maximum Gasteiger partial charge on any atom is 0.246 e. The van der Waals surface area contributed by atoms with Crippen LogP contribution in [-0.4, -0.2) is 48.4 Å². The van der Waals surface area contributed by atoms with Crippen LogP contribution in [0, 0.1) is 13.8 Å². The third-order valence-corrected chi connectivity index (χ3v) is 6.06. The van der Waals surface area contributed by atoms with Crippen molar-refractivity contribution < 1.29 is 4.79 Å². The van der Waals surface area contributed by atoms with Crippen LogP contribution in [0.3, 0.4) is 0 Å². The minimum absolute atomic E-state index is 0.0321. The molecule has 0 atom stereocenters. The van der Waals surface area contributed by atoms with Crippen molar-refractivity contribution in [1.29, 1.82) is 0 Å². The van der Waals surface area contributed by atoms with E-state index in [0.29, 0.717) is 12.6 Å². The van der Waals surface area contributed by atoms with Gasteiger partial charge in [-0.25, -0.2) is 9.67 Å². The molecule has 1 aromatic carbocycles. The number of likely N-dealkylation sites (tertiary alicyclic amines) is 1. The van der Waals surface area contributed by atoms with E-state index in [1.54, 1.807) is 18.7 Å². The third kappa shape index (κ3) is 4.31. The SMILES string of the molecule is Cc1nn(Cc2ccccc2Cl)c(C)c1/C=C/C(=O)N1CCC(n2cncn2)CC1. The molecule has 0 bridgehead atoms. The zero-order valence-corrected chi connectivity index (χ0v) is 18.0. The molecule has 0 unspecified atom stereocenters. The summed E-state index contributed by atoms with van der Waals surface area (Å²) < 4.78 is 3.82. The van der Waals surface area contributed by atoms with Gasteiger partial charge >= 0.3 is 0 Å². The largest absolute Gasteiger partial charge is 0.339 e. The van der Waals surface area contributed by atoms with Crippen molar-refractivity contribution in [2.75, 3.05) is 13.1 Å². The molecular weight excluding hydrogens is 400 g/mol. The van der Waals surface area contributed by atoms with E-state index in [2.05, 4.69) is 15.2 Å². The first-order valence-corrected chi connectivity index (χ1v) is 10.5. The van der Waals surface area contributed by atoms with E-state index in [4.69, 9.17) is 11.6 Å². The molecule has 0 saturated carbocycles. The van der Waals surface area contributed by atoms with Gasteiger partial charge in [0.05, 0.1) is 18.3 Å². The van der Waals surface area contributed by atoms with Gasteiger partial charge in [0.15, 0.2) is 0 Å². The topological polar surface area (TPSA) is 68.8 Å². The number of benzene rings is 1. The number of aryl methyl sites for hydroxylation is 1. The highest BCUT2D eigenvalue weighted by Gasteiger charge is 2.23. The van der Waals surface area contributed by atoms with Gasteiger partial charge < -0.3 is 4.90 Å². The second-order valence-corrected chi connectivity index (χ2v) is 8.01. The van der Waals surface area contributed by atoms with Crippen LogP contribution in [0.25, 0.3) is 6.08 Å². The predicted molar refractivity (Wildman–Crippen MR) is 116 cm³/mol. The fraction of sp³-hybridized carbons (Fsp3) is 0.364. The average molecular weight is 425 g/mol. The smallest absolute Gasteiger partial charge is 0.246 e. The Balaban J connectivity index is 1.41. The van der Waals surface area contributed by atoms with Crippen LogP contribution < -0.4 is 0 Å². The first-order valence-electron chi connectivity index (χ1n) is 10.1. The van der Waals surface area contributed by atoms with Crippen LogP contribution >= 0.6 is 11.6 Å². The molecule has 0 radical (unpaired) electrons. The van der Waals surface area contributed by atoms with Crippen molar-refractivity contribution in [3.05, 3.63) is 70.5 Å². The highest BCUT2D eigenvalue weighted by Crippen LogP contribution is 2.23. The highest BCUT2D eigenvalue weighted by molar-refractivity contribution is 6.31. The molecule has 1 saturated heterocycles. The molecular formula is C22H25ClN6O. The lowest BCUT2D eigenvalue weighted by Gasteiger charge is -2.31. The zero-order chi connectivity index (χ0) is 21.1. The number of rotatable bonds is 5. The first kappa shape index (κ1) is 20.3. The zero-order valence-electron chi connectivity index (χ0n) is 17.2. The summed E-state index contributed by atoms with van der Waals surface area (Å²) in [6, 6.07) is 8.09. The molecule has 0 aliphatic carbocycles. The quantitative estimate of drug-likeness (QED) is 0.586. The van der Waals surface area contributed by atoms with Crippen LogP contribution in [0.15, 0.2) is 43.0 Å². The van der Waals surface area contributed by atoms with Crippen LogP contribution in [0.2, 0.25) is 5.02 Å². The summed E-state index contributed by atoms with van der Waals surface area (Å²) in [5.41, 5.74) is 3.91. The van der Waals surface area contributed by atoms with Gasteiger partial charge in [0.25, 0.3) is 0 Å². The maximum atomic E-state index is 12.7. The summed E-state index contributed by atoms with van der Waals surface area (Å²) in [5, 5.41) is 9.58. The van der Waals surface area contributed by atoms with E-state index in [-0.39, 0.29) is 5.91 Å². The van der Waals surface area contributed by atoms with Crippen molar-refractivity contribution in [2.45, 2.75) is 39.3 Å². The Hall–Kier alpha value is -2.93. The Kier molecular flexibility index (Phi) is 5.99. The van der Waals surface area contributed by atoms with Gasteiger partial charge in [0, 0.05) is 35.4 Å². The van der Waals surface area contributed by atoms with Crippen LogP contribution in [0.5, 0.6) is 0 Å². The normalized spacial score (nSPS) is 15.2. The summed E-state index contributed by atoms with van der Waals surface area (Å²) in [6.07, 6.45) is 8.61. The van der Waals surface area contributed by atoms with Crippen molar-refractivity contribution in [3.8, 4) is 0 Å². The second kappa shape index (κ2) is 8.83. The molecule has 1 amide bonds. The van der Waals surface area contributed by atoms with Crippen LogP contribution in [-0.2, 0) is 11.3 Å². The van der Waals surface area contributed by atoms with Crippen molar-refractivity contribution >= 4 is 23.6 Å². The molecule has 0 spiro atoms. The standard InChI is InChI=1S/C22H25ClN6O/c1-16-20(17(2)28(26-16)13-18-5-3-4-6-21(18)23)7-8-22(30)27-11-9-19(10-12-27)29-15-24-14-25-29/h3-8,14-15,19H,9-13H2,1-2H3/b8-7+. The number of amides is 1. The van der Waals surface area contributed by atoms with E-state index in [0.717, 1.165) is 53.5 Å². The summed E-state index contributed by atoms with van der Waals surface area (Å²) in [4.78, 5) is 18.6. The highest BCUT2D eigenvalue weighted by atomic mass is 35.5. The molecule has 3 heterocycles. The number of aromatic nitrogens is 5. The molecule has 156 valence electrons. The lowest BCUT2D eigenvalue weighted by Crippen LogP contribution is -2.38. The number of piperidine rings is 1. The summed E-state index contributed by atoms with van der Waals surface area (Å²) in [6.45, 7) is 6.02. The maximum absolute atomic E-state index is 12.7.